The molecular weight excluding hydrogens is 438 g/mol. The van der Waals surface area contributed by atoms with E-state index >= 15 is 0 Å². The lowest BCUT2D eigenvalue weighted by Crippen LogP contribution is -2.40. The molecule has 1 unspecified atom stereocenters. The minimum Gasteiger partial charge on any atom is -0.354 e. The van der Waals surface area contributed by atoms with Crippen molar-refractivity contribution in [3.63, 3.8) is 0 Å². The number of anilines is 1. The molecule has 2 heterocycles. The molecule has 1 N–H and O–H groups in total. The van der Waals surface area contributed by atoms with Gasteiger partial charge in [0, 0.05) is 31.7 Å². The Labute approximate surface area is 196 Å². The van der Waals surface area contributed by atoms with Crippen LogP contribution in [0.3, 0.4) is 0 Å². The van der Waals surface area contributed by atoms with Crippen LogP contribution >= 0.6 is 11.8 Å². The van der Waals surface area contributed by atoms with Crippen LogP contribution in [0.1, 0.15) is 23.1 Å². The Morgan fingerprint density at radius 1 is 1.09 bits per heavy atom. The van der Waals surface area contributed by atoms with Gasteiger partial charge < -0.3 is 10.2 Å². The summed E-state index contributed by atoms with van der Waals surface area (Å²) in [4.78, 5) is 53.3. The van der Waals surface area contributed by atoms with Crippen molar-refractivity contribution in [3.8, 4) is 0 Å². The normalized spacial score (nSPS) is 19.6. The molecule has 2 aliphatic rings. The first-order chi connectivity index (χ1) is 15.8. The van der Waals surface area contributed by atoms with E-state index in [1.54, 1.807) is 11.0 Å². The summed E-state index contributed by atoms with van der Waals surface area (Å²) >= 11 is 0.896. The summed E-state index contributed by atoms with van der Waals surface area (Å²) in [5.41, 5.74) is 3.79. The van der Waals surface area contributed by atoms with Gasteiger partial charge in [0.1, 0.15) is 0 Å². The molecule has 4 rings (SSSR count). The van der Waals surface area contributed by atoms with Gasteiger partial charge >= 0.3 is 0 Å². The molecule has 33 heavy (non-hydrogen) atoms. The summed E-state index contributed by atoms with van der Waals surface area (Å²) in [6, 6.07) is 15.1. The molecule has 4 amide bonds. The Kier molecular flexibility index (Phi) is 6.65. The Bertz CT molecular complexity index is 1150. The zero-order valence-electron chi connectivity index (χ0n) is 18.5. The molecule has 0 saturated carbocycles. The van der Waals surface area contributed by atoms with Crippen LogP contribution in [0.5, 0.6) is 0 Å². The molecule has 2 fully saturated rings. The minimum absolute atomic E-state index is 0.0826. The molecular formula is C25H25N3O4S. The van der Waals surface area contributed by atoms with Gasteiger partial charge in [-0.05, 0) is 54.4 Å². The number of thioether (sulfide) groups is 1. The topological polar surface area (TPSA) is 86.8 Å². The molecule has 0 spiro atoms. The highest BCUT2D eigenvalue weighted by atomic mass is 32.2. The largest absolute Gasteiger partial charge is 0.354 e. The first kappa shape index (κ1) is 22.8. The molecule has 0 bridgehead atoms. The highest BCUT2D eigenvalue weighted by Crippen LogP contribution is 2.32. The Morgan fingerprint density at radius 3 is 2.61 bits per heavy atom. The number of nitrogens with one attached hydrogen (secondary N) is 1. The minimum atomic E-state index is -0.467. The van der Waals surface area contributed by atoms with Crippen LogP contribution < -0.4 is 10.2 Å². The summed E-state index contributed by atoms with van der Waals surface area (Å²) in [6.07, 6.45) is 1.83. The van der Waals surface area contributed by atoms with Gasteiger partial charge in [0.05, 0.1) is 10.8 Å². The molecule has 2 aromatic carbocycles. The van der Waals surface area contributed by atoms with E-state index in [-0.39, 0.29) is 42.5 Å². The Hall–Kier alpha value is -3.39. The molecule has 0 radical (unpaired) electrons. The standard InChI is InChI=1S/C25H25N3O4S/c1-16-7-6-10-20(17(16)2)28-15-19(14-22(28)29)23(30)26-11-12-27-24(31)21(33-25(27)32)13-18-8-4-3-5-9-18/h3-10,13,19H,11-12,14-15H2,1-2H3,(H,26,30)/b21-13+. The van der Waals surface area contributed by atoms with E-state index in [9.17, 15) is 19.2 Å². The number of hydrogen-bond acceptors (Lipinski definition) is 5. The van der Waals surface area contributed by atoms with Crippen molar-refractivity contribution < 1.29 is 19.2 Å². The summed E-state index contributed by atoms with van der Waals surface area (Å²) in [6.45, 7) is 4.50. The third-order valence-corrected chi connectivity index (χ3v) is 6.88. The third-order valence-electron chi connectivity index (χ3n) is 5.97. The van der Waals surface area contributed by atoms with Crippen molar-refractivity contribution in [2.45, 2.75) is 20.3 Å². The fourth-order valence-corrected chi connectivity index (χ4v) is 4.84. The van der Waals surface area contributed by atoms with E-state index < -0.39 is 5.92 Å². The summed E-state index contributed by atoms with van der Waals surface area (Å²) < 4.78 is 0. The zero-order chi connectivity index (χ0) is 23.5. The number of carbonyl (C=O) groups excluding carboxylic acids is 4. The van der Waals surface area contributed by atoms with Crippen LogP contribution in [0.15, 0.2) is 53.4 Å². The van der Waals surface area contributed by atoms with E-state index in [1.165, 1.54) is 0 Å². The van der Waals surface area contributed by atoms with Crippen molar-refractivity contribution in [2.24, 2.45) is 5.92 Å². The van der Waals surface area contributed by atoms with Gasteiger partial charge in [0.25, 0.3) is 11.1 Å². The molecule has 0 aromatic heterocycles. The van der Waals surface area contributed by atoms with Crippen LogP contribution in [0, 0.1) is 19.8 Å². The predicted molar refractivity (Wildman–Crippen MR) is 129 cm³/mol. The van der Waals surface area contributed by atoms with Crippen molar-refractivity contribution in [3.05, 3.63) is 70.1 Å². The van der Waals surface area contributed by atoms with Crippen LogP contribution in [0.2, 0.25) is 0 Å². The number of benzene rings is 2. The van der Waals surface area contributed by atoms with Gasteiger partial charge in [-0.3, -0.25) is 24.1 Å². The molecule has 1 atom stereocenters. The maximum absolute atomic E-state index is 12.7. The second kappa shape index (κ2) is 9.62. The highest BCUT2D eigenvalue weighted by molar-refractivity contribution is 8.18. The first-order valence-corrected chi connectivity index (χ1v) is 11.6. The number of aryl methyl sites for hydroxylation is 1. The van der Waals surface area contributed by atoms with E-state index in [0.717, 1.165) is 39.0 Å². The summed E-state index contributed by atoms with van der Waals surface area (Å²) in [5, 5.41) is 2.43. The average molecular weight is 464 g/mol. The molecule has 7 nitrogen and oxygen atoms in total. The van der Waals surface area contributed by atoms with Gasteiger partial charge in [-0.1, -0.05) is 42.5 Å². The molecule has 8 heteroatoms. The van der Waals surface area contributed by atoms with E-state index in [0.29, 0.717) is 11.4 Å². The number of rotatable bonds is 6. The number of imide groups is 1. The Balaban J connectivity index is 1.32. The molecule has 170 valence electrons. The maximum atomic E-state index is 12.7. The number of nitrogens with zero attached hydrogens (tertiary/aromatic N) is 2. The number of amides is 4. The molecule has 2 aliphatic heterocycles. The number of hydrogen-bond donors (Lipinski definition) is 1. The second-order valence-corrected chi connectivity index (χ2v) is 9.15. The molecule has 2 saturated heterocycles. The van der Waals surface area contributed by atoms with E-state index in [2.05, 4.69) is 5.32 Å². The van der Waals surface area contributed by atoms with Gasteiger partial charge in [-0.2, -0.15) is 0 Å². The fourth-order valence-electron chi connectivity index (χ4n) is 3.97. The van der Waals surface area contributed by atoms with Crippen molar-refractivity contribution in [1.82, 2.24) is 10.2 Å². The number of carbonyl (C=O) groups is 4. The predicted octanol–water partition coefficient (Wildman–Crippen LogP) is 3.51. The van der Waals surface area contributed by atoms with Crippen LogP contribution in [0.4, 0.5) is 10.5 Å². The molecule has 2 aromatic rings. The highest BCUT2D eigenvalue weighted by Gasteiger charge is 2.37. The first-order valence-electron chi connectivity index (χ1n) is 10.8. The smallest absolute Gasteiger partial charge is 0.293 e. The zero-order valence-corrected chi connectivity index (χ0v) is 19.4. The second-order valence-electron chi connectivity index (χ2n) is 8.16. The maximum Gasteiger partial charge on any atom is 0.293 e. The van der Waals surface area contributed by atoms with Crippen molar-refractivity contribution in [1.29, 1.82) is 0 Å². The average Bonchev–Trinajstić information content (AvgIpc) is 3.31. The monoisotopic (exact) mass is 463 g/mol. The van der Waals surface area contributed by atoms with Gasteiger partial charge in [-0.25, -0.2) is 0 Å². The van der Waals surface area contributed by atoms with E-state index in [1.807, 2.05) is 62.4 Å². The van der Waals surface area contributed by atoms with Crippen LogP contribution in [-0.2, 0) is 14.4 Å². The lowest BCUT2D eigenvalue weighted by Gasteiger charge is -2.20. The molecule has 0 aliphatic carbocycles. The fraction of sp³-hybridized carbons (Fsp3) is 0.280. The lowest BCUT2D eigenvalue weighted by atomic mass is 10.1. The third kappa shape index (κ3) is 4.85. The van der Waals surface area contributed by atoms with Crippen LogP contribution in [-0.4, -0.2) is 47.5 Å². The van der Waals surface area contributed by atoms with Crippen molar-refractivity contribution >= 4 is 46.5 Å². The van der Waals surface area contributed by atoms with Gasteiger partial charge in [0.15, 0.2) is 0 Å². The van der Waals surface area contributed by atoms with Gasteiger partial charge in [0.2, 0.25) is 11.8 Å². The van der Waals surface area contributed by atoms with Crippen molar-refractivity contribution in [2.75, 3.05) is 24.5 Å². The van der Waals surface area contributed by atoms with Gasteiger partial charge in [-0.15, -0.1) is 0 Å². The van der Waals surface area contributed by atoms with E-state index in [4.69, 9.17) is 0 Å². The summed E-state index contributed by atoms with van der Waals surface area (Å²) in [5.74, 6) is -1.16. The Morgan fingerprint density at radius 2 is 1.85 bits per heavy atom. The SMILES string of the molecule is Cc1cccc(N2CC(C(=O)NCCN3C(=O)S/C(=C/c4ccccc4)C3=O)CC2=O)c1C. The van der Waals surface area contributed by atoms with Crippen LogP contribution in [0.25, 0.3) is 6.08 Å². The lowest BCUT2D eigenvalue weighted by molar-refractivity contribution is -0.127. The quantitative estimate of drug-likeness (QED) is 0.663. The summed E-state index contributed by atoms with van der Waals surface area (Å²) in [7, 11) is 0.